The molecule has 2 aromatic carbocycles. The second kappa shape index (κ2) is 12.1. The molecule has 6 rings (SSSR count). The number of hydrogen-bond donors (Lipinski definition) is 2. The highest BCUT2D eigenvalue weighted by atomic mass is 32.1. The molecule has 0 bridgehead atoms. The van der Waals surface area contributed by atoms with Crippen molar-refractivity contribution in [3.8, 4) is 17.0 Å². The molecule has 10 nitrogen and oxygen atoms in total. The summed E-state index contributed by atoms with van der Waals surface area (Å²) in [5, 5.41) is 7.40. The summed E-state index contributed by atoms with van der Waals surface area (Å²) in [6.45, 7) is 4.64. The van der Waals surface area contributed by atoms with Crippen LogP contribution in [-0.4, -0.2) is 77.3 Å². The number of aromatic nitrogens is 3. The molecular weight excluding hydrogens is 642 g/mol. The molecule has 0 radical (unpaired) electrons. The molecule has 2 N–H and O–H groups in total. The van der Waals surface area contributed by atoms with Gasteiger partial charge >= 0.3 is 18.4 Å². The van der Waals surface area contributed by atoms with Crippen molar-refractivity contribution in [1.82, 2.24) is 19.4 Å². The van der Waals surface area contributed by atoms with E-state index in [1.807, 2.05) is 34.1 Å². The minimum atomic E-state index is -5.71. The number of thiazole rings is 1. The van der Waals surface area contributed by atoms with E-state index in [1.165, 1.54) is 11.3 Å². The predicted molar refractivity (Wildman–Crippen MR) is 157 cm³/mol. The summed E-state index contributed by atoms with van der Waals surface area (Å²) >= 11 is 1.51. The first kappa shape index (κ1) is 31.6. The maximum atomic E-state index is 13.3. The van der Waals surface area contributed by atoms with Crippen molar-refractivity contribution in [3.05, 3.63) is 60.4 Å². The number of carbonyl (C=O) groups excluding carboxylic acids is 1. The second-order valence-electron chi connectivity index (χ2n) is 10.7. The number of benzene rings is 2. The van der Waals surface area contributed by atoms with E-state index in [0.29, 0.717) is 24.1 Å². The number of amides is 2. The van der Waals surface area contributed by atoms with Crippen molar-refractivity contribution in [2.75, 3.05) is 50.1 Å². The van der Waals surface area contributed by atoms with Gasteiger partial charge in [-0.05, 0) is 37.3 Å². The third kappa shape index (κ3) is 6.21. The van der Waals surface area contributed by atoms with Crippen molar-refractivity contribution in [2.45, 2.75) is 24.7 Å². The van der Waals surface area contributed by atoms with Crippen molar-refractivity contribution >= 4 is 44.1 Å². The lowest BCUT2D eigenvalue weighted by molar-refractivity contribution is -0.298. The Morgan fingerprint density at radius 2 is 1.72 bits per heavy atom. The molecule has 0 saturated carbocycles. The average molecular weight is 669 g/mol. The Kier molecular flexibility index (Phi) is 8.32. The first-order valence-corrected chi connectivity index (χ1v) is 14.8. The molecule has 4 heterocycles. The molecule has 0 unspecified atom stereocenters. The number of nitrogens with one attached hydrogen (secondary N) is 2. The molecule has 1 saturated heterocycles. The lowest BCUT2D eigenvalue weighted by Gasteiger charge is -2.31. The zero-order valence-corrected chi connectivity index (χ0v) is 24.9. The zero-order chi connectivity index (χ0) is 32.7. The maximum absolute atomic E-state index is 13.3. The van der Waals surface area contributed by atoms with Gasteiger partial charge in [-0.25, -0.2) is 9.78 Å². The molecule has 1 aliphatic rings. The van der Waals surface area contributed by atoms with E-state index < -0.39 is 35.4 Å². The summed E-state index contributed by atoms with van der Waals surface area (Å²) in [5.74, 6) is 0.0864. The molecule has 1 aliphatic heterocycles. The van der Waals surface area contributed by atoms with Crippen molar-refractivity contribution in [1.29, 1.82) is 0 Å². The Balaban J connectivity index is 1.08. The van der Waals surface area contributed by atoms with Gasteiger partial charge in [0.05, 0.1) is 29.1 Å². The molecule has 46 heavy (non-hydrogen) atoms. The van der Waals surface area contributed by atoms with Gasteiger partial charge in [-0.3, -0.25) is 14.6 Å². The van der Waals surface area contributed by atoms with E-state index >= 15 is 0 Å². The Bertz CT molecular complexity index is 1830. The number of halogens is 6. The number of morpholine rings is 1. The molecule has 1 fully saturated rings. The monoisotopic (exact) mass is 668 g/mol. The third-order valence-electron chi connectivity index (χ3n) is 7.68. The highest BCUT2D eigenvalue weighted by molar-refractivity contribution is 7.23. The molecular formula is C29H26F6N6O4S. The Hall–Kier alpha value is -4.35. The smallest absolute Gasteiger partial charge is 0.408 e. The minimum absolute atomic E-state index is 0.0526. The fourth-order valence-corrected chi connectivity index (χ4v) is 5.88. The van der Waals surface area contributed by atoms with Crippen LogP contribution in [0.15, 0.2) is 59.3 Å². The van der Waals surface area contributed by atoms with Crippen LogP contribution < -0.4 is 15.4 Å². The number of alkyl halides is 6. The van der Waals surface area contributed by atoms with Gasteiger partial charge in [-0.2, -0.15) is 26.3 Å². The second-order valence-corrected chi connectivity index (χ2v) is 11.7. The third-order valence-corrected chi connectivity index (χ3v) is 8.69. The number of urea groups is 1. The summed E-state index contributed by atoms with van der Waals surface area (Å²) in [7, 11) is 0. The minimum Gasteiger partial charge on any atom is -0.492 e. The van der Waals surface area contributed by atoms with Gasteiger partial charge in [0, 0.05) is 43.1 Å². The van der Waals surface area contributed by atoms with E-state index in [4.69, 9.17) is 14.5 Å². The zero-order valence-electron chi connectivity index (χ0n) is 24.0. The van der Waals surface area contributed by atoms with Crippen LogP contribution in [0, 0.1) is 0 Å². The van der Waals surface area contributed by atoms with Crippen LogP contribution >= 0.6 is 11.3 Å². The first-order chi connectivity index (χ1) is 21.8. The fourth-order valence-electron chi connectivity index (χ4n) is 4.85. The summed E-state index contributed by atoms with van der Waals surface area (Å²) in [6, 6.07) is 11.9. The van der Waals surface area contributed by atoms with Crippen LogP contribution in [0.3, 0.4) is 0 Å². The van der Waals surface area contributed by atoms with E-state index in [1.54, 1.807) is 24.3 Å². The van der Waals surface area contributed by atoms with Crippen LogP contribution in [0.1, 0.15) is 12.6 Å². The standard InChI is InChI=1S/C29H26F6N6O4S/c1-27(28(30,31)32,29(33,34)35)23-15-24(45-39-23)38-25(42)36-18-4-2-17(3-5-18)20-16-41-21-7-6-19(14-22(21)46-26(41)37-20)44-13-10-40-8-11-43-12-9-40/h2-7,14-16H,8-13H2,1H3,(H2,36,38,42). The molecule has 5 aromatic rings. The van der Waals surface area contributed by atoms with Crippen LogP contribution in [0.2, 0.25) is 0 Å². The largest absolute Gasteiger partial charge is 0.492 e. The summed E-state index contributed by atoms with van der Waals surface area (Å²) < 4.78 is 98.7. The predicted octanol–water partition coefficient (Wildman–Crippen LogP) is 6.94. The number of fused-ring (bicyclic) bond motifs is 3. The van der Waals surface area contributed by atoms with E-state index in [-0.39, 0.29) is 6.92 Å². The highest BCUT2D eigenvalue weighted by Crippen LogP contribution is 2.51. The van der Waals surface area contributed by atoms with E-state index in [9.17, 15) is 31.1 Å². The molecule has 3 aromatic heterocycles. The number of ether oxygens (including phenoxy) is 2. The number of hydrogen-bond acceptors (Lipinski definition) is 8. The quantitative estimate of drug-likeness (QED) is 0.173. The van der Waals surface area contributed by atoms with E-state index in [0.717, 1.165) is 59.3 Å². The van der Waals surface area contributed by atoms with Gasteiger partial charge in [-0.1, -0.05) is 28.6 Å². The van der Waals surface area contributed by atoms with E-state index in [2.05, 4.69) is 19.9 Å². The van der Waals surface area contributed by atoms with Gasteiger partial charge in [0.1, 0.15) is 18.1 Å². The van der Waals surface area contributed by atoms with Crippen LogP contribution in [0.4, 0.5) is 42.7 Å². The lowest BCUT2D eigenvalue weighted by Crippen LogP contribution is -2.51. The van der Waals surface area contributed by atoms with Gasteiger partial charge in [-0.15, -0.1) is 0 Å². The fraction of sp³-hybridized carbons (Fsp3) is 0.345. The number of imidazole rings is 1. The molecule has 2 amide bonds. The Morgan fingerprint density at radius 3 is 2.41 bits per heavy atom. The number of nitrogens with zero attached hydrogens (tertiary/aromatic N) is 4. The molecule has 0 aliphatic carbocycles. The molecule has 0 atom stereocenters. The topological polar surface area (TPSA) is 106 Å². The molecule has 0 spiro atoms. The normalized spacial score (nSPS) is 15.0. The van der Waals surface area contributed by atoms with Crippen molar-refractivity contribution in [3.63, 3.8) is 0 Å². The van der Waals surface area contributed by atoms with Gasteiger partial charge in [0.15, 0.2) is 4.96 Å². The average Bonchev–Trinajstić information content (AvgIpc) is 3.71. The Morgan fingerprint density at radius 1 is 1.00 bits per heavy atom. The van der Waals surface area contributed by atoms with Crippen LogP contribution in [0.25, 0.3) is 26.4 Å². The van der Waals surface area contributed by atoms with Crippen LogP contribution in [-0.2, 0) is 10.2 Å². The Labute approximate surface area is 260 Å². The maximum Gasteiger partial charge on any atom is 0.408 e. The SMILES string of the molecule is CC(c1cc(NC(=O)Nc2ccc(-c3cn4c(n3)sc3cc(OCCN5CCOCC5)ccc34)cc2)on1)(C(F)(F)F)C(F)(F)F. The number of anilines is 2. The first-order valence-electron chi connectivity index (χ1n) is 14.0. The summed E-state index contributed by atoms with van der Waals surface area (Å²) in [4.78, 5) is 20.2. The highest BCUT2D eigenvalue weighted by Gasteiger charge is 2.70. The summed E-state index contributed by atoms with van der Waals surface area (Å²) in [5.41, 5.74) is -3.03. The number of carbonyl (C=O) groups is 1. The summed E-state index contributed by atoms with van der Waals surface area (Å²) in [6.07, 6.45) is -9.52. The van der Waals surface area contributed by atoms with Crippen molar-refractivity contribution < 1.29 is 45.1 Å². The van der Waals surface area contributed by atoms with Crippen LogP contribution in [0.5, 0.6) is 5.75 Å². The van der Waals surface area contributed by atoms with Gasteiger partial charge in [0.25, 0.3) is 0 Å². The molecule has 17 heteroatoms. The van der Waals surface area contributed by atoms with Crippen molar-refractivity contribution in [2.24, 2.45) is 0 Å². The van der Waals surface area contributed by atoms with Gasteiger partial charge < -0.3 is 19.3 Å². The van der Waals surface area contributed by atoms with Gasteiger partial charge in [0.2, 0.25) is 11.3 Å². The number of rotatable bonds is 8. The lowest BCUT2D eigenvalue weighted by atomic mass is 9.85. The molecule has 244 valence electrons.